The molecule has 0 atom stereocenters. The predicted molar refractivity (Wildman–Crippen MR) is 98.7 cm³/mol. The summed E-state index contributed by atoms with van der Waals surface area (Å²) in [4.78, 5) is 28.7. The zero-order chi connectivity index (χ0) is 19.5. The number of benzene rings is 1. The minimum Gasteiger partial charge on any atom is -0.490 e. The van der Waals surface area contributed by atoms with Gasteiger partial charge >= 0.3 is 5.97 Å². The van der Waals surface area contributed by atoms with Gasteiger partial charge in [-0.2, -0.15) is 5.10 Å². The molecule has 1 N–H and O–H groups in total. The highest BCUT2D eigenvalue weighted by atomic mass is 16.5. The third kappa shape index (κ3) is 3.59. The van der Waals surface area contributed by atoms with Gasteiger partial charge in [-0.1, -0.05) is 0 Å². The molecule has 0 aliphatic carbocycles. The lowest BCUT2D eigenvalue weighted by Crippen LogP contribution is -2.21. The van der Waals surface area contributed by atoms with Crippen molar-refractivity contribution >= 4 is 23.2 Å². The van der Waals surface area contributed by atoms with Crippen LogP contribution in [0.4, 0.5) is 5.69 Å². The molecule has 0 saturated carbocycles. The van der Waals surface area contributed by atoms with Gasteiger partial charge in [-0.05, 0) is 25.1 Å². The fourth-order valence-corrected chi connectivity index (χ4v) is 2.88. The van der Waals surface area contributed by atoms with Crippen LogP contribution in [-0.4, -0.2) is 46.3 Å². The summed E-state index contributed by atoms with van der Waals surface area (Å²) in [5.74, 6) is 0.0864. The number of carbonyl (C=O) groups is 2. The maximum Gasteiger partial charge on any atom is 0.344 e. The summed E-state index contributed by atoms with van der Waals surface area (Å²) >= 11 is 0. The van der Waals surface area contributed by atoms with Crippen molar-refractivity contribution in [1.29, 1.82) is 0 Å². The molecule has 3 heterocycles. The summed E-state index contributed by atoms with van der Waals surface area (Å²) in [7, 11) is 0. The van der Waals surface area contributed by atoms with Gasteiger partial charge in [-0.15, -0.1) is 0 Å². The molecule has 4 rings (SSSR count). The molecule has 0 bridgehead atoms. The highest BCUT2D eigenvalue weighted by Crippen LogP contribution is 2.32. The second kappa shape index (κ2) is 7.55. The molecule has 1 amide bonds. The Morgan fingerprint density at radius 1 is 1.25 bits per heavy atom. The van der Waals surface area contributed by atoms with Crippen LogP contribution in [0.15, 0.2) is 36.7 Å². The summed E-state index contributed by atoms with van der Waals surface area (Å²) in [6, 6.07) is 6.82. The number of amides is 1. The molecule has 144 valence electrons. The van der Waals surface area contributed by atoms with Crippen LogP contribution in [0.1, 0.15) is 22.5 Å². The maximum absolute atomic E-state index is 12.4. The fourth-order valence-electron chi connectivity index (χ4n) is 2.88. The Balaban J connectivity index is 1.40. The van der Waals surface area contributed by atoms with Crippen LogP contribution in [-0.2, 0) is 9.53 Å². The van der Waals surface area contributed by atoms with Gasteiger partial charge in [0.15, 0.2) is 23.8 Å². The molecule has 0 fully saturated rings. The number of ether oxygens (including phenoxy) is 3. The fraction of sp³-hybridized carbons (Fsp3) is 0.263. The van der Waals surface area contributed by atoms with Crippen LogP contribution in [0, 0.1) is 6.92 Å². The van der Waals surface area contributed by atoms with E-state index in [0.717, 1.165) is 6.42 Å². The molecule has 3 aromatic rings. The molecule has 0 radical (unpaired) electrons. The molecular weight excluding hydrogens is 364 g/mol. The van der Waals surface area contributed by atoms with E-state index >= 15 is 0 Å². The molecule has 0 spiro atoms. The van der Waals surface area contributed by atoms with Crippen LogP contribution in [0.5, 0.6) is 11.5 Å². The normalized spacial score (nSPS) is 13.0. The van der Waals surface area contributed by atoms with Crippen molar-refractivity contribution in [3.63, 3.8) is 0 Å². The monoisotopic (exact) mass is 382 g/mol. The number of aromatic nitrogens is 3. The molecule has 0 saturated heterocycles. The number of hydrogen-bond donors (Lipinski definition) is 1. The third-order valence-electron chi connectivity index (χ3n) is 4.14. The van der Waals surface area contributed by atoms with E-state index in [1.807, 2.05) is 0 Å². The first kappa shape index (κ1) is 17.8. The van der Waals surface area contributed by atoms with E-state index in [9.17, 15) is 9.59 Å². The van der Waals surface area contributed by atoms with Crippen LogP contribution in [0.2, 0.25) is 0 Å². The van der Waals surface area contributed by atoms with Gasteiger partial charge in [-0.25, -0.2) is 14.3 Å². The molecule has 9 heteroatoms. The smallest absolute Gasteiger partial charge is 0.344 e. The van der Waals surface area contributed by atoms with Crippen molar-refractivity contribution < 1.29 is 23.8 Å². The Morgan fingerprint density at radius 3 is 2.93 bits per heavy atom. The Hall–Kier alpha value is -3.62. The summed E-state index contributed by atoms with van der Waals surface area (Å²) in [6.07, 6.45) is 4.04. The summed E-state index contributed by atoms with van der Waals surface area (Å²) in [5, 5.41) is 6.88. The van der Waals surface area contributed by atoms with Gasteiger partial charge in [0.2, 0.25) is 0 Å². The van der Waals surface area contributed by atoms with Gasteiger partial charge < -0.3 is 19.5 Å². The number of aryl methyl sites for hydroxylation is 1. The minimum absolute atomic E-state index is 0.240. The van der Waals surface area contributed by atoms with E-state index in [2.05, 4.69) is 15.4 Å². The number of hydrogen-bond acceptors (Lipinski definition) is 7. The number of esters is 1. The van der Waals surface area contributed by atoms with E-state index in [0.29, 0.717) is 41.7 Å². The van der Waals surface area contributed by atoms with Crippen molar-refractivity contribution in [2.45, 2.75) is 13.3 Å². The number of carbonyl (C=O) groups excluding carboxylic acids is 2. The highest BCUT2D eigenvalue weighted by molar-refractivity contribution is 5.99. The molecule has 1 aliphatic rings. The largest absolute Gasteiger partial charge is 0.490 e. The summed E-state index contributed by atoms with van der Waals surface area (Å²) < 4.78 is 17.8. The van der Waals surface area contributed by atoms with E-state index in [1.54, 1.807) is 43.6 Å². The Morgan fingerprint density at radius 2 is 2.07 bits per heavy atom. The first-order chi connectivity index (χ1) is 13.6. The number of nitrogens with one attached hydrogen (secondary N) is 1. The van der Waals surface area contributed by atoms with E-state index in [1.165, 1.54) is 4.52 Å². The lowest BCUT2D eigenvalue weighted by atomic mass is 10.2. The summed E-state index contributed by atoms with van der Waals surface area (Å²) in [5.41, 5.74) is 1.63. The van der Waals surface area contributed by atoms with Crippen molar-refractivity contribution in [3.8, 4) is 11.5 Å². The molecule has 9 nitrogen and oxygen atoms in total. The van der Waals surface area contributed by atoms with Crippen LogP contribution in [0.25, 0.3) is 5.65 Å². The highest BCUT2D eigenvalue weighted by Gasteiger charge is 2.20. The SMILES string of the molecule is Cc1nn2cccnc2c1C(=O)OCC(=O)Nc1ccc2c(c1)OCCCO2. The standard InChI is InChI=1S/C19H18N4O5/c1-12-17(18-20-6-2-7-23(18)22-12)19(25)28-11-16(24)21-13-4-5-14-15(10-13)27-9-3-8-26-14/h2,4-7,10H,3,8-9,11H2,1H3,(H,21,24). The maximum atomic E-state index is 12.4. The van der Waals surface area contributed by atoms with Gasteiger partial charge in [0.05, 0.1) is 18.9 Å². The molecule has 0 unspecified atom stereocenters. The van der Waals surface area contributed by atoms with Crippen molar-refractivity contribution in [1.82, 2.24) is 14.6 Å². The van der Waals surface area contributed by atoms with Crippen LogP contribution < -0.4 is 14.8 Å². The number of fused-ring (bicyclic) bond motifs is 2. The molecular formula is C19H18N4O5. The van der Waals surface area contributed by atoms with Gasteiger partial charge in [0, 0.05) is 30.6 Å². The molecule has 1 aromatic carbocycles. The average Bonchev–Trinajstić information content (AvgIpc) is 2.85. The lowest BCUT2D eigenvalue weighted by Gasteiger charge is -2.10. The summed E-state index contributed by atoms with van der Waals surface area (Å²) in [6.45, 7) is 2.39. The van der Waals surface area contributed by atoms with E-state index in [-0.39, 0.29) is 5.56 Å². The lowest BCUT2D eigenvalue weighted by molar-refractivity contribution is -0.119. The third-order valence-corrected chi connectivity index (χ3v) is 4.14. The van der Waals surface area contributed by atoms with E-state index < -0.39 is 18.5 Å². The Labute approximate surface area is 160 Å². The predicted octanol–water partition coefficient (Wildman–Crippen LogP) is 1.99. The van der Waals surface area contributed by atoms with Gasteiger partial charge in [0.1, 0.15) is 5.56 Å². The number of nitrogens with zero attached hydrogens (tertiary/aromatic N) is 3. The molecule has 2 aromatic heterocycles. The van der Waals surface area contributed by atoms with Crippen LogP contribution >= 0.6 is 0 Å². The van der Waals surface area contributed by atoms with Crippen molar-refractivity contribution in [3.05, 3.63) is 47.9 Å². The van der Waals surface area contributed by atoms with Crippen molar-refractivity contribution in [2.75, 3.05) is 25.1 Å². The quantitative estimate of drug-likeness (QED) is 0.688. The van der Waals surface area contributed by atoms with Crippen LogP contribution in [0.3, 0.4) is 0 Å². The number of rotatable bonds is 4. The second-order valence-electron chi connectivity index (χ2n) is 6.18. The van der Waals surface area contributed by atoms with Gasteiger partial charge in [0.25, 0.3) is 5.91 Å². The minimum atomic E-state index is -0.653. The zero-order valence-electron chi connectivity index (χ0n) is 15.2. The van der Waals surface area contributed by atoms with Crippen molar-refractivity contribution in [2.24, 2.45) is 0 Å². The Kier molecular flexibility index (Phi) is 4.79. The Bertz CT molecular complexity index is 1050. The zero-order valence-corrected chi connectivity index (χ0v) is 15.2. The average molecular weight is 382 g/mol. The first-order valence-electron chi connectivity index (χ1n) is 8.78. The van der Waals surface area contributed by atoms with Gasteiger partial charge in [-0.3, -0.25) is 4.79 Å². The first-order valence-corrected chi connectivity index (χ1v) is 8.78. The van der Waals surface area contributed by atoms with E-state index in [4.69, 9.17) is 14.2 Å². The molecule has 28 heavy (non-hydrogen) atoms. The molecule has 1 aliphatic heterocycles. The topological polar surface area (TPSA) is 104 Å². The second-order valence-corrected chi connectivity index (χ2v) is 6.18. The number of anilines is 1.